The monoisotopic (exact) mass is 407 g/mol. The summed E-state index contributed by atoms with van der Waals surface area (Å²) in [5.41, 5.74) is -1.04. The van der Waals surface area contributed by atoms with Gasteiger partial charge in [-0.1, -0.05) is 6.07 Å². The molecule has 0 saturated heterocycles. The molecule has 0 amide bonds. The molecule has 0 aliphatic rings. The van der Waals surface area contributed by atoms with Crippen molar-refractivity contribution in [3.8, 4) is 5.69 Å². The lowest BCUT2D eigenvalue weighted by molar-refractivity contribution is -0.384. The number of aromatic nitrogens is 3. The molecular weight excluding hydrogens is 395 g/mol. The number of ether oxygens (including phenoxy) is 1. The highest BCUT2D eigenvalue weighted by atomic mass is 19.4. The maximum Gasteiger partial charge on any atom is 0.416 e. The largest absolute Gasteiger partial charge is 0.465 e. The molecule has 0 unspecified atom stereocenters. The first-order chi connectivity index (χ1) is 13.7. The maximum absolute atomic E-state index is 12.9. The second-order valence-corrected chi connectivity index (χ2v) is 5.69. The highest BCUT2D eigenvalue weighted by molar-refractivity contribution is 5.90. The number of benzene rings is 1. The normalized spacial score (nSPS) is 11.2. The first kappa shape index (κ1) is 19.8. The Labute approximate surface area is 160 Å². The number of anilines is 2. The van der Waals surface area contributed by atoms with E-state index in [1.54, 1.807) is 0 Å². The lowest BCUT2D eigenvalue weighted by atomic mass is 10.2. The molecule has 0 fully saturated rings. The van der Waals surface area contributed by atoms with Crippen molar-refractivity contribution in [3.05, 3.63) is 70.2 Å². The minimum atomic E-state index is -4.50. The molecule has 0 aliphatic carbocycles. The van der Waals surface area contributed by atoms with Gasteiger partial charge in [0.25, 0.3) is 0 Å². The van der Waals surface area contributed by atoms with Crippen molar-refractivity contribution in [1.82, 2.24) is 14.8 Å². The average molecular weight is 407 g/mol. The van der Waals surface area contributed by atoms with E-state index in [9.17, 15) is 28.1 Å². The molecule has 1 aromatic carbocycles. The number of esters is 1. The molecule has 3 aromatic rings. The van der Waals surface area contributed by atoms with Crippen LogP contribution >= 0.6 is 0 Å². The van der Waals surface area contributed by atoms with Gasteiger partial charge in [0.2, 0.25) is 5.82 Å². The lowest BCUT2D eigenvalue weighted by Gasteiger charge is -2.08. The van der Waals surface area contributed by atoms with Crippen LogP contribution in [0.15, 0.2) is 48.9 Å². The summed E-state index contributed by atoms with van der Waals surface area (Å²) in [5, 5.41) is 17.9. The fourth-order valence-electron chi connectivity index (χ4n) is 2.41. The van der Waals surface area contributed by atoms with E-state index in [1.807, 2.05) is 0 Å². The molecule has 1 N–H and O–H groups in total. The number of nitro groups is 1. The molecule has 3 rings (SSSR count). The summed E-state index contributed by atoms with van der Waals surface area (Å²) < 4.78 is 44.3. The van der Waals surface area contributed by atoms with Crippen LogP contribution in [0.4, 0.5) is 30.4 Å². The van der Waals surface area contributed by atoms with Gasteiger partial charge in [-0.25, -0.2) is 14.5 Å². The van der Waals surface area contributed by atoms with Crippen LogP contribution in [-0.2, 0) is 10.9 Å². The highest BCUT2D eigenvalue weighted by Crippen LogP contribution is 2.31. The average Bonchev–Trinajstić information content (AvgIpc) is 3.15. The lowest BCUT2D eigenvalue weighted by Crippen LogP contribution is -2.06. The van der Waals surface area contributed by atoms with Crippen molar-refractivity contribution in [2.24, 2.45) is 0 Å². The molecule has 12 heteroatoms. The highest BCUT2D eigenvalue weighted by Gasteiger charge is 2.30. The maximum atomic E-state index is 12.9. The van der Waals surface area contributed by atoms with Crippen LogP contribution in [-0.4, -0.2) is 32.8 Å². The van der Waals surface area contributed by atoms with E-state index in [-0.39, 0.29) is 22.8 Å². The molecule has 0 atom stereocenters. The van der Waals surface area contributed by atoms with Gasteiger partial charge in [-0.3, -0.25) is 10.1 Å². The summed E-state index contributed by atoms with van der Waals surface area (Å²) in [4.78, 5) is 25.9. The van der Waals surface area contributed by atoms with Gasteiger partial charge >= 0.3 is 17.8 Å². The van der Waals surface area contributed by atoms with E-state index in [1.165, 1.54) is 29.2 Å². The fourth-order valence-corrected chi connectivity index (χ4v) is 2.41. The van der Waals surface area contributed by atoms with E-state index >= 15 is 0 Å². The molecule has 150 valence electrons. The van der Waals surface area contributed by atoms with Crippen molar-refractivity contribution in [3.63, 3.8) is 0 Å². The van der Waals surface area contributed by atoms with E-state index < -0.39 is 28.3 Å². The summed E-state index contributed by atoms with van der Waals surface area (Å²) in [6.07, 6.45) is -0.802. The minimum absolute atomic E-state index is 0.107. The third kappa shape index (κ3) is 4.31. The second kappa shape index (κ2) is 7.58. The van der Waals surface area contributed by atoms with Gasteiger partial charge in [-0.15, -0.1) is 0 Å². The van der Waals surface area contributed by atoms with Crippen LogP contribution in [0.5, 0.6) is 0 Å². The zero-order valence-electron chi connectivity index (χ0n) is 14.7. The molecule has 0 radical (unpaired) electrons. The number of pyridine rings is 1. The predicted octanol–water partition coefficient (Wildman–Crippen LogP) is 3.72. The number of hydrogen-bond acceptors (Lipinski definition) is 7. The van der Waals surface area contributed by atoms with Crippen LogP contribution in [0.2, 0.25) is 0 Å². The zero-order chi connectivity index (χ0) is 21.2. The number of halogens is 3. The number of alkyl halides is 3. The predicted molar refractivity (Wildman–Crippen MR) is 94.1 cm³/mol. The Morgan fingerprint density at radius 2 is 2.03 bits per heavy atom. The smallest absolute Gasteiger partial charge is 0.416 e. The van der Waals surface area contributed by atoms with Crippen LogP contribution < -0.4 is 5.32 Å². The van der Waals surface area contributed by atoms with Crippen LogP contribution in [0, 0.1) is 10.1 Å². The Hall–Kier alpha value is -3.96. The minimum Gasteiger partial charge on any atom is -0.465 e. The molecule has 2 aromatic heterocycles. The summed E-state index contributed by atoms with van der Waals surface area (Å²) >= 11 is 0. The molecule has 0 bridgehead atoms. The molecule has 2 heterocycles. The quantitative estimate of drug-likeness (QED) is 0.390. The van der Waals surface area contributed by atoms with Gasteiger partial charge in [-0.2, -0.15) is 18.3 Å². The van der Waals surface area contributed by atoms with Crippen molar-refractivity contribution in [1.29, 1.82) is 0 Å². The number of methoxy groups -OCH3 is 1. The molecular formula is C17H12F3N5O4. The molecule has 0 aliphatic heterocycles. The van der Waals surface area contributed by atoms with Gasteiger partial charge in [0, 0.05) is 12.3 Å². The Kier molecular flexibility index (Phi) is 5.17. The van der Waals surface area contributed by atoms with Crippen molar-refractivity contribution >= 4 is 23.2 Å². The Morgan fingerprint density at radius 3 is 2.69 bits per heavy atom. The standard InChI is InChI=1S/C17H12F3N5O4/c1-29-16(26)10-5-14(25(27)28)15(21-7-10)23-12-8-22-24(9-12)13-4-2-3-11(6-13)17(18,19)20/h2-9H,1H3,(H,21,23). The first-order valence-electron chi connectivity index (χ1n) is 7.91. The Bertz CT molecular complexity index is 1080. The third-order valence-corrected chi connectivity index (χ3v) is 3.77. The van der Waals surface area contributed by atoms with Crippen LogP contribution in [0.25, 0.3) is 5.69 Å². The number of carbonyl (C=O) groups excluding carboxylic acids is 1. The molecule has 0 spiro atoms. The third-order valence-electron chi connectivity index (χ3n) is 3.77. The van der Waals surface area contributed by atoms with Crippen LogP contribution in [0.1, 0.15) is 15.9 Å². The van der Waals surface area contributed by atoms with Gasteiger partial charge in [0.1, 0.15) is 0 Å². The topological polar surface area (TPSA) is 112 Å². The molecule has 0 saturated carbocycles. The van der Waals surface area contributed by atoms with Gasteiger partial charge in [0.05, 0.1) is 46.9 Å². The fraction of sp³-hybridized carbons (Fsp3) is 0.118. The zero-order valence-corrected chi connectivity index (χ0v) is 14.7. The van der Waals surface area contributed by atoms with Gasteiger partial charge in [-0.05, 0) is 18.2 Å². The first-order valence-corrected chi connectivity index (χ1v) is 7.91. The van der Waals surface area contributed by atoms with Crippen molar-refractivity contribution in [2.75, 3.05) is 12.4 Å². The summed E-state index contributed by atoms with van der Waals surface area (Å²) in [7, 11) is 1.13. The Balaban J connectivity index is 1.89. The molecule has 9 nitrogen and oxygen atoms in total. The second-order valence-electron chi connectivity index (χ2n) is 5.69. The number of carbonyl (C=O) groups is 1. The summed E-state index contributed by atoms with van der Waals surface area (Å²) in [5.74, 6) is -0.962. The van der Waals surface area contributed by atoms with Gasteiger partial charge in [0.15, 0.2) is 0 Å². The summed E-state index contributed by atoms with van der Waals surface area (Å²) in [6, 6.07) is 5.52. The van der Waals surface area contributed by atoms with Crippen molar-refractivity contribution < 1.29 is 27.6 Å². The number of nitrogens with zero attached hydrogens (tertiary/aromatic N) is 4. The van der Waals surface area contributed by atoms with E-state index in [0.717, 1.165) is 31.5 Å². The van der Waals surface area contributed by atoms with Gasteiger partial charge < -0.3 is 10.1 Å². The number of nitrogens with one attached hydrogen (secondary N) is 1. The van der Waals surface area contributed by atoms with E-state index in [4.69, 9.17) is 0 Å². The SMILES string of the molecule is COC(=O)c1cnc(Nc2cnn(-c3cccc(C(F)(F)F)c3)c2)c([N+](=O)[O-])c1. The van der Waals surface area contributed by atoms with E-state index in [0.29, 0.717) is 0 Å². The number of rotatable bonds is 5. The van der Waals surface area contributed by atoms with E-state index in [2.05, 4.69) is 20.1 Å². The van der Waals surface area contributed by atoms with Crippen LogP contribution in [0.3, 0.4) is 0 Å². The molecule has 29 heavy (non-hydrogen) atoms. The number of hydrogen-bond donors (Lipinski definition) is 1. The Morgan fingerprint density at radius 1 is 1.28 bits per heavy atom. The van der Waals surface area contributed by atoms with Crippen molar-refractivity contribution in [2.45, 2.75) is 6.18 Å². The summed E-state index contributed by atoms with van der Waals surface area (Å²) in [6.45, 7) is 0.